The van der Waals surface area contributed by atoms with Crippen LogP contribution in [0.3, 0.4) is 0 Å². The normalized spacial score (nSPS) is 31.6. The van der Waals surface area contributed by atoms with E-state index in [1.165, 1.54) is 17.8 Å². The summed E-state index contributed by atoms with van der Waals surface area (Å²) in [5.74, 6) is 0.248. The van der Waals surface area contributed by atoms with E-state index in [0.29, 0.717) is 17.1 Å². The quantitative estimate of drug-likeness (QED) is 0.433. The fourth-order valence-corrected chi connectivity index (χ4v) is 2.02. The molecule has 1 rings (SSSR count). The van der Waals surface area contributed by atoms with Gasteiger partial charge in [-0.05, 0) is 6.08 Å². The minimum Gasteiger partial charge on any atom is -0.396 e. The summed E-state index contributed by atoms with van der Waals surface area (Å²) in [6, 6.07) is 0. The van der Waals surface area contributed by atoms with Crippen LogP contribution in [0, 0.1) is 0 Å². The summed E-state index contributed by atoms with van der Waals surface area (Å²) in [7, 11) is 0. The second-order valence-electron chi connectivity index (χ2n) is 3.26. The van der Waals surface area contributed by atoms with Crippen LogP contribution in [0.2, 0.25) is 0 Å². The molecule has 6 heteroatoms. The summed E-state index contributed by atoms with van der Waals surface area (Å²) in [6.07, 6.45) is -2.94. The molecule has 4 N–H and O–H groups in total. The van der Waals surface area contributed by atoms with Gasteiger partial charge in [0.05, 0.1) is 6.61 Å². The van der Waals surface area contributed by atoms with Gasteiger partial charge in [-0.3, -0.25) is 4.79 Å². The molecule has 15 heavy (non-hydrogen) atoms. The van der Waals surface area contributed by atoms with Gasteiger partial charge in [-0.25, -0.2) is 0 Å². The number of hydrogen-bond acceptors (Lipinski definition) is 6. The molecular formula is C9H14O5S. The molecule has 0 spiro atoms. The van der Waals surface area contributed by atoms with Crippen molar-refractivity contribution in [2.75, 3.05) is 18.1 Å². The highest BCUT2D eigenvalue weighted by molar-refractivity contribution is 7.99. The highest BCUT2D eigenvalue weighted by Crippen LogP contribution is 2.19. The molecule has 0 unspecified atom stereocenters. The molecule has 0 aliphatic heterocycles. The van der Waals surface area contributed by atoms with E-state index >= 15 is 0 Å². The standard InChI is InChI=1S/C9H14O5S/c10-1-2-15-4-5-3-6(11)8(13)9(14)7(5)12/h3,6,8-11,13-14H,1-2,4H2/t6-,8-,9+/m1/s1. The monoisotopic (exact) mass is 234 g/mol. The number of aliphatic hydroxyl groups excluding tert-OH is 4. The van der Waals surface area contributed by atoms with Crippen molar-refractivity contribution in [3.05, 3.63) is 11.6 Å². The van der Waals surface area contributed by atoms with E-state index < -0.39 is 24.1 Å². The Morgan fingerprint density at radius 3 is 2.60 bits per heavy atom. The molecule has 0 amide bonds. The summed E-state index contributed by atoms with van der Waals surface area (Å²) < 4.78 is 0. The molecule has 0 radical (unpaired) electrons. The number of carbonyl (C=O) groups is 1. The highest BCUT2D eigenvalue weighted by atomic mass is 32.2. The Kier molecular flexibility index (Phi) is 4.75. The lowest BCUT2D eigenvalue weighted by Crippen LogP contribution is -2.46. The van der Waals surface area contributed by atoms with E-state index in [1.54, 1.807) is 0 Å². The molecule has 0 saturated carbocycles. The van der Waals surface area contributed by atoms with Gasteiger partial charge < -0.3 is 20.4 Å². The Hall–Kier alpha value is -0.400. The number of Topliss-reactive ketones (excluding diaryl/α,β-unsaturated/α-hetero) is 1. The van der Waals surface area contributed by atoms with Gasteiger partial charge in [0.25, 0.3) is 0 Å². The molecule has 1 aliphatic rings. The minimum atomic E-state index is -1.55. The number of aliphatic hydroxyl groups is 4. The third-order valence-electron chi connectivity index (χ3n) is 2.12. The summed E-state index contributed by atoms with van der Waals surface area (Å²) in [5, 5.41) is 36.3. The molecule has 1 aliphatic carbocycles. The molecule has 0 heterocycles. The molecule has 0 aromatic heterocycles. The maximum absolute atomic E-state index is 11.4. The maximum atomic E-state index is 11.4. The lowest BCUT2D eigenvalue weighted by Gasteiger charge is -2.26. The Balaban J connectivity index is 2.62. The maximum Gasteiger partial charge on any atom is 0.190 e. The van der Waals surface area contributed by atoms with Crippen LogP contribution < -0.4 is 0 Å². The summed E-state index contributed by atoms with van der Waals surface area (Å²) in [5.41, 5.74) is 0.291. The number of ketones is 1. The van der Waals surface area contributed by atoms with Crippen LogP contribution in [0.4, 0.5) is 0 Å². The predicted octanol–water partition coefficient (Wildman–Crippen LogP) is -1.70. The molecule has 0 aromatic carbocycles. The summed E-state index contributed by atoms with van der Waals surface area (Å²) in [4.78, 5) is 11.4. The van der Waals surface area contributed by atoms with Crippen LogP contribution in [0.1, 0.15) is 0 Å². The minimum absolute atomic E-state index is 0.0138. The molecule has 0 bridgehead atoms. The smallest absolute Gasteiger partial charge is 0.190 e. The number of carbonyl (C=O) groups excluding carboxylic acids is 1. The van der Waals surface area contributed by atoms with Crippen molar-refractivity contribution in [2.45, 2.75) is 18.3 Å². The number of hydrogen-bond donors (Lipinski definition) is 4. The molecule has 0 saturated heterocycles. The molecule has 0 aromatic rings. The van der Waals surface area contributed by atoms with Crippen molar-refractivity contribution in [2.24, 2.45) is 0 Å². The van der Waals surface area contributed by atoms with E-state index in [0.717, 1.165) is 0 Å². The first kappa shape index (κ1) is 12.7. The van der Waals surface area contributed by atoms with Crippen LogP contribution in [0.25, 0.3) is 0 Å². The Morgan fingerprint density at radius 2 is 2.00 bits per heavy atom. The Bertz CT molecular complexity index is 265. The fraction of sp³-hybridized carbons (Fsp3) is 0.667. The lowest BCUT2D eigenvalue weighted by atomic mass is 9.92. The van der Waals surface area contributed by atoms with E-state index in [1.807, 2.05) is 0 Å². The second kappa shape index (κ2) is 5.62. The van der Waals surface area contributed by atoms with Gasteiger partial charge in [0.15, 0.2) is 5.78 Å². The van der Waals surface area contributed by atoms with Gasteiger partial charge in [0.2, 0.25) is 0 Å². The van der Waals surface area contributed by atoms with Crippen molar-refractivity contribution < 1.29 is 25.2 Å². The molecule has 0 fully saturated rings. The number of thioether (sulfide) groups is 1. The molecule has 86 valence electrons. The zero-order valence-electron chi connectivity index (χ0n) is 8.04. The first-order chi connectivity index (χ1) is 7.07. The van der Waals surface area contributed by atoms with E-state index in [-0.39, 0.29) is 6.61 Å². The Morgan fingerprint density at radius 1 is 1.33 bits per heavy atom. The first-order valence-corrected chi connectivity index (χ1v) is 5.71. The zero-order chi connectivity index (χ0) is 11.4. The third-order valence-corrected chi connectivity index (χ3v) is 3.11. The third kappa shape index (κ3) is 3.02. The molecule has 5 nitrogen and oxygen atoms in total. The number of rotatable bonds is 4. The van der Waals surface area contributed by atoms with Crippen LogP contribution in [-0.4, -0.2) is 62.6 Å². The van der Waals surface area contributed by atoms with Gasteiger partial charge >= 0.3 is 0 Å². The second-order valence-corrected chi connectivity index (χ2v) is 4.36. The Labute approximate surface area is 91.4 Å². The first-order valence-electron chi connectivity index (χ1n) is 4.55. The van der Waals surface area contributed by atoms with Crippen LogP contribution >= 0.6 is 11.8 Å². The molecular weight excluding hydrogens is 220 g/mol. The van der Waals surface area contributed by atoms with E-state index in [9.17, 15) is 20.1 Å². The van der Waals surface area contributed by atoms with Crippen molar-refractivity contribution in [1.82, 2.24) is 0 Å². The summed E-state index contributed by atoms with van der Waals surface area (Å²) >= 11 is 1.33. The largest absolute Gasteiger partial charge is 0.396 e. The van der Waals surface area contributed by atoms with Crippen molar-refractivity contribution >= 4 is 17.5 Å². The van der Waals surface area contributed by atoms with Gasteiger partial charge in [-0.2, -0.15) is 11.8 Å². The average molecular weight is 234 g/mol. The van der Waals surface area contributed by atoms with Crippen molar-refractivity contribution in [1.29, 1.82) is 0 Å². The topological polar surface area (TPSA) is 98.0 Å². The summed E-state index contributed by atoms with van der Waals surface area (Å²) in [6.45, 7) is 0.0138. The van der Waals surface area contributed by atoms with E-state index in [4.69, 9.17) is 5.11 Å². The lowest BCUT2D eigenvalue weighted by molar-refractivity contribution is -0.134. The van der Waals surface area contributed by atoms with Crippen LogP contribution in [0.5, 0.6) is 0 Å². The zero-order valence-corrected chi connectivity index (χ0v) is 8.85. The van der Waals surface area contributed by atoms with E-state index in [2.05, 4.69) is 0 Å². The van der Waals surface area contributed by atoms with Crippen LogP contribution in [-0.2, 0) is 4.79 Å². The predicted molar refractivity (Wildman–Crippen MR) is 55.5 cm³/mol. The van der Waals surface area contributed by atoms with Crippen LogP contribution in [0.15, 0.2) is 11.6 Å². The van der Waals surface area contributed by atoms with Gasteiger partial charge in [-0.1, -0.05) is 0 Å². The SMILES string of the molecule is O=C1C(CSCCO)=C[C@@H](O)[C@@H](O)[C@H]1O. The molecule has 3 atom stereocenters. The van der Waals surface area contributed by atoms with Crippen molar-refractivity contribution in [3.63, 3.8) is 0 Å². The van der Waals surface area contributed by atoms with Crippen molar-refractivity contribution in [3.8, 4) is 0 Å². The highest BCUT2D eigenvalue weighted by Gasteiger charge is 2.35. The van der Waals surface area contributed by atoms with Gasteiger partial charge in [0, 0.05) is 17.1 Å². The average Bonchev–Trinajstić information content (AvgIpc) is 2.23. The fourth-order valence-electron chi connectivity index (χ4n) is 1.28. The van der Waals surface area contributed by atoms with Gasteiger partial charge in [0.1, 0.15) is 18.3 Å². The van der Waals surface area contributed by atoms with Gasteiger partial charge in [-0.15, -0.1) is 0 Å².